The Kier molecular flexibility index (Phi) is 8.85. The highest BCUT2D eigenvalue weighted by atomic mass is 16.5. The van der Waals surface area contributed by atoms with E-state index in [0.29, 0.717) is 60.6 Å². The standard InChI is InChI=1S/C30H30N6O6/c1-19-7-8-26(23(13-19)30(37)38)36-17-25(34-35-36)20-5-4-6-21(14-20)33-29-22-15-27(41-11-9-39-2)28(42-12-10-40-3)16-24(22)31-18-32-29/h4-8,13-18H,9-12H2,1-3H3,(H,37,38)(H,31,32,33). The highest BCUT2D eigenvalue weighted by Gasteiger charge is 2.16. The van der Waals surface area contributed by atoms with Gasteiger partial charge in [-0.05, 0) is 37.3 Å². The van der Waals surface area contributed by atoms with Gasteiger partial charge in [-0.2, -0.15) is 0 Å². The molecule has 0 radical (unpaired) electrons. The van der Waals surface area contributed by atoms with Crippen molar-refractivity contribution in [3.05, 3.63) is 78.2 Å². The molecule has 2 N–H and O–H groups in total. The molecular weight excluding hydrogens is 540 g/mol. The second-order valence-electron chi connectivity index (χ2n) is 9.30. The number of aromatic nitrogens is 5. The monoisotopic (exact) mass is 570 g/mol. The van der Waals surface area contributed by atoms with Crippen LogP contribution < -0.4 is 14.8 Å². The summed E-state index contributed by atoms with van der Waals surface area (Å²) in [6.07, 6.45) is 3.18. The van der Waals surface area contributed by atoms with E-state index in [1.54, 1.807) is 32.5 Å². The number of benzene rings is 3. The van der Waals surface area contributed by atoms with Crippen LogP contribution in [0.4, 0.5) is 11.5 Å². The van der Waals surface area contributed by atoms with Gasteiger partial charge in [-0.1, -0.05) is 29.0 Å². The molecule has 12 heteroatoms. The van der Waals surface area contributed by atoms with Crippen LogP contribution >= 0.6 is 0 Å². The highest BCUT2D eigenvalue weighted by Crippen LogP contribution is 2.35. The first-order valence-corrected chi connectivity index (χ1v) is 13.1. The molecule has 2 aromatic heterocycles. The number of methoxy groups -OCH3 is 2. The minimum atomic E-state index is -1.03. The van der Waals surface area contributed by atoms with Gasteiger partial charge in [0.15, 0.2) is 11.5 Å². The second-order valence-corrected chi connectivity index (χ2v) is 9.30. The summed E-state index contributed by atoms with van der Waals surface area (Å²) in [4.78, 5) is 20.7. The molecule has 3 aromatic carbocycles. The van der Waals surface area contributed by atoms with E-state index in [1.807, 2.05) is 49.4 Å². The average molecular weight is 571 g/mol. The molecule has 0 saturated carbocycles. The maximum absolute atomic E-state index is 11.8. The minimum Gasteiger partial charge on any atom is -0.487 e. The zero-order valence-electron chi connectivity index (χ0n) is 23.4. The number of aromatic carboxylic acids is 1. The number of rotatable bonds is 13. The number of ether oxygens (including phenoxy) is 4. The smallest absolute Gasteiger partial charge is 0.337 e. The fourth-order valence-electron chi connectivity index (χ4n) is 4.29. The number of carboxylic acids is 1. The van der Waals surface area contributed by atoms with Gasteiger partial charge in [0.1, 0.15) is 31.1 Å². The number of nitrogens with zero attached hydrogens (tertiary/aromatic N) is 5. The maximum Gasteiger partial charge on any atom is 0.337 e. The molecule has 0 amide bonds. The van der Waals surface area contributed by atoms with Gasteiger partial charge in [0.2, 0.25) is 0 Å². The lowest BCUT2D eigenvalue weighted by atomic mass is 10.1. The Balaban J connectivity index is 1.43. The molecule has 216 valence electrons. The summed E-state index contributed by atoms with van der Waals surface area (Å²) in [5, 5.41) is 22.2. The molecule has 0 aliphatic heterocycles. The third-order valence-corrected chi connectivity index (χ3v) is 6.33. The number of aryl methyl sites for hydroxylation is 1. The topological polar surface area (TPSA) is 143 Å². The summed E-state index contributed by atoms with van der Waals surface area (Å²) in [5.41, 5.74) is 4.21. The lowest BCUT2D eigenvalue weighted by molar-refractivity contribution is 0.0696. The van der Waals surface area contributed by atoms with E-state index >= 15 is 0 Å². The first-order chi connectivity index (χ1) is 20.5. The molecule has 0 unspecified atom stereocenters. The quantitative estimate of drug-likeness (QED) is 0.191. The normalized spacial score (nSPS) is 11.0. The van der Waals surface area contributed by atoms with Gasteiger partial charge in [0, 0.05) is 36.9 Å². The Morgan fingerprint density at radius 2 is 1.69 bits per heavy atom. The zero-order valence-corrected chi connectivity index (χ0v) is 23.4. The predicted molar refractivity (Wildman–Crippen MR) is 156 cm³/mol. The molecule has 12 nitrogen and oxygen atoms in total. The molecule has 0 aliphatic rings. The number of anilines is 2. The Hall–Kier alpha value is -5.07. The number of carboxylic acid groups (broad SMARTS) is 1. The molecule has 0 saturated heterocycles. The van der Waals surface area contributed by atoms with Crippen LogP contribution in [0.15, 0.2) is 67.1 Å². The van der Waals surface area contributed by atoms with Gasteiger partial charge < -0.3 is 29.4 Å². The predicted octanol–water partition coefficient (Wildman–Crippen LogP) is 4.68. The van der Waals surface area contributed by atoms with Crippen molar-refractivity contribution in [2.45, 2.75) is 6.92 Å². The van der Waals surface area contributed by atoms with Gasteiger partial charge in [0.25, 0.3) is 0 Å². The van der Waals surface area contributed by atoms with E-state index in [1.165, 1.54) is 11.0 Å². The molecular formula is C30H30N6O6. The first-order valence-electron chi connectivity index (χ1n) is 13.1. The van der Waals surface area contributed by atoms with Crippen molar-refractivity contribution in [3.63, 3.8) is 0 Å². The Morgan fingerprint density at radius 3 is 2.43 bits per heavy atom. The number of fused-ring (bicyclic) bond motifs is 1. The van der Waals surface area contributed by atoms with Crippen LogP contribution in [0.1, 0.15) is 15.9 Å². The summed E-state index contributed by atoms with van der Waals surface area (Å²) < 4.78 is 23.5. The number of hydrogen-bond donors (Lipinski definition) is 2. The molecule has 0 atom stereocenters. The van der Waals surface area contributed by atoms with Crippen molar-refractivity contribution in [2.75, 3.05) is 46.0 Å². The third kappa shape index (κ3) is 6.45. The van der Waals surface area contributed by atoms with E-state index in [-0.39, 0.29) is 5.56 Å². The van der Waals surface area contributed by atoms with Gasteiger partial charge in [-0.25, -0.2) is 19.4 Å². The molecule has 5 rings (SSSR count). The van der Waals surface area contributed by atoms with Crippen LogP contribution in [-0.2, 0) is 9.47 Å². The summed E-state index contributed by atoms with van der Waals surface area (Å²) >= 11 is 0. The van der Waals surface area contributed by atoms with Crippen molar-refractivity contribution in [1.29, 1.82) is 0 Å². The van der Waals surface area contributed by atoms with Crippen LogP contribution in [-0.4, -0.2) is 76.7 Å². The Labute approximate surface area is 241 Å². The molecule has 42 heavy (non-hydrogen) atoms. The lowest BCUT2D eigenvalue weighted by Gasteiger charge is -2.15. The molecule has 0 bridgehead atoms. The summed E-state index contributed by atoms with van der Waals surface area (Å²) in [7, 11) is 3.22. The molecule has 5 aromatic rings. The van der Waals surface area contributed by atoms with Crippen LogP contribution in [0.5, 0.6) is 11.5 Å². The largest absolute Gasteiger partial charge is 0.487 e. The lowest BCUT2D eigenvalue weighted by Crippen LogP contribution is -2.09. The van der Waals surface area contributed by atoms with Crippen LogP contribution in [0.25, 0.3) is 27.8 Å². The summed E-state index contributed by atoms with van der Waals surface area (Å²) in [6.45, 7) is 3.40. The van der Waals surface area contributed by atoms with Gasteiger partial charge in [-0.3, -0.25) is 0 Å². The van der Waals surface area contributed by atoms with Gasteiger partial charge in [-0.15, -0.1) is 5.10 Å². The average Bonchev–Trinajstić information content (AvgIpc) is 3.48. The SMILES string of the molecule is COCCOc1cc2ncnc(Nc3cccc(-c4cn(-c5ccc(C)cc5C(=O)O)nn4)c3)c2cc1OCCOC. The molecule has 2 heterocycles. The molecule has 0 spiro atoms. The van der Waals surface area contributed by atoms with E-state index in [0.717, 1.165) is 22.2 Å². The van der Waals surface area contributed by atoms with E-state index in [2.05, 4.69) is 25.6 Å². The zero-order chi connectivity index (χ0) is 29.5. The summed E-state index contributed by atoms with van der Waals surface area (Å²) in [6, 6.07) is 16.4. The fraction of sp³-hybridized carbons (Fsp3) is 0.233. The molecule has 0 aliphatic carbocycles. The third-order valence-electron chi connectivity index (χ3n) is 6.33. The Bertz CT molecular complexity index is 1710. The van der Waals surface area contributed by atoms with Crippen LogP contribution in [0.3, 0.4) is 0 Å². The number of hydrogen-bond acceptors (Lipinski definition) is 10. The van der Waals surface area contributed by atoms with Crippen molar-refractivity contribution in [3.8, 4) is 28.4 Å². The number of nitrogens with one attached hydrogen (secondary N) is 1. The van der Waals surface area contributed by atoms with E-state index in [9.17, 15) is 9.90 Å². The fourth-order valence-corrected chi connectivity index (χ4v) is 4.29. The van der Waals surface area contributed by atoms with Crippen molar-refractivity contribution in [1.82, 2.24) is 25.0 Å². The van der Waals surface area contributed by atoms with Crippen LogP contribution in [0, 0.1) is 6.92 Å². The van der Waals surface area contributed by atoms with Gasteiger partial charge >= 0.3 is 5.97 Å². The summed E-state index contributed by atoms with van der Waals surface area (Å²) in [5.74, 6) is 0.627. The maximum atomic E-state index is 11.8. The minimum absolute atomic E-state index is 0.148. The van der Waals surface area contributed by atoms with E-state index < -0.39 is 5.97 Å². The van der Waals surface area contributed by atoms with Crippen molar-refractivity contribution >= 4 is 28.4 Å². The molecule has 0 fully saturated rings. The van der Waals surface area contributed by atoms with Crippen LogP contribution in [0.2, 0.25) is 0 Å². The number of carbonyl (C=O) groups is 1. The highest BCUT2D eigenvalue weighted by molar-refractivity contribution is 5.93. The first kappa shape index (κ1) is 28.5. The van der Waals surface area contributed by atoms with Gasteiger partial charge in [0.05, 0.1) is 36.2 Å². The Morgan fingerprint density at radius 1 is 0.929 bits per heavy atom. The second kappa shape index (κ2) is 13.1. The van der Waals surface area contributed by atoms with E-state index in [4.69, 9.17) is 18.9 Å². The van der Waals surface area contributed by atoms with Crippen molar-refractivity contribution in [2.24, 2.45) is 0 Å². The van der Waals surface area contributed by atoms with Crippen molar-refractivity contribution < 1.29 is 28.8 Å².